The number of nitrogens with two attached hydrogens (primary N) is 1. The highest BCUT2D eigenvalue weighted by Crippen LogP contribution is 2.25. The third-order valence-electron chi connectivity index (χ3n) is 6.49. The SMILES string of the molecule is C=C=C/C(=C\c1cc[nH]c1C)c1ccnc(/C(C)=C/N(C)C(=O)Cc2ccc(C(C)(C)C(N)=O)cc2)c1. The number of amides is 2. The van der Waals surface area contributed by atoms with E-state index in [1.807, 2.05) is 68.6 Å². The molecule has 0 saturated heterocycles. The molecule has 1 aromatic carbocycles. The summed E-state index contributed by atoms with van der Waals surface area (Å²) in [4.78, 5) is 33.9. The normalized spacial score (nSPS) is 12.1. The molecule has 0 unspecified atom stereocenters. The van der Waals surface area contributed by atoms with Crippen molar-refractivity contribution in [2.24, 2.45) is 5.73 Å². The van der Waals surface area contributed by atoms with Gasteiger partial charge in [0, 0.05) is 31.3 Å². The number of carbonyl (C=O) groups is 2. The molecular weight excluding hydrogens is 460 g/mol. The summed E-state index contributed by atoms with van der Waals surface area (Å²) in [5, 5.41) is 0. The molecule has 2 aromatic heterocycles. The molecule has 0 aliphatic heterocycles. The topological polar surface area (TPSA) is 92.1 Å². The number of pyridine rings is 1. The highest BCUT2D eigenvalue weighted by molar-refractivity contribution is 5.89. The molecule has 0 saturated carbocycles. The van der Waals surface area contributed by atoms with E-state index in [-0.39, 0.29) is 12.3 Å². The van der Waals surface area contributed by atoms with Crippen LogP contribution in [0.2, 0.25) is 0 Å². The average Bonchev–Trinajstić information content (AvgIpc) is 3.28. The van der Waals surface area contributed by atoms with E-state index >= 15 is 0 Å². The summed E-state index contributed by atoms with van der Waals surface area (Å²) in [6, 6.07) is 13.4. The van der Waals surface area contributed by atoms with E-state index < -0.39 is 11.3 Å². The fourth-order valence-corrected chi connectivity index (χ4v) is 3.84. The predicted octanol–water partition coefficient (Wildman–Crippen LogP) is 5.42. The third kappa shape index (κ3) is 6.63. The third-order valence-corrected chi connectivity index (χ3v) is 6.49. The van der Waals surface area contributed by atoms with Gasteiger partial charge in [-0.25, -0.2) is 0 Å². The predicted molar refractivity (Wildman–Crippen MR) is 150 cm³/mol. The lowest BCUT2D eigenvalue weighted by atomic mass is 9.83. The molecule has 6 nitrogen and oxygen atoms in total. The molecule has 0 aliphatic rings. The first-order valence-corrected chi connectivity index (χ1v) is 12.0. The fourth-order valence-electron chi connectivity index (χ4n) is 3.84. The van der Waals surface area contributed by atoms with Crippen LogP contribution in [0, 0.1) is 6.92 Å². The number of H-pyrrole nitrogens is 1. The highest BCUT2D eigenvalue weighted by atomic mass is 16.2. The van der Waals surface area contributed by atoms with Crippen molar-refractivity contribution in [2.45, 2.75) is 39.5 Å². The summed E-state index contributed by atoms with van der Waals surface area (Å²) in [5.41, 5.74) is 15.0. The summed E-state index contributed by atoms with van der Waals surface area (Å²) >= 11 is 0. The summed E-state index contributed by atoms with van der Waals surface area (Å²) in [6.07, 6.45) is 9.61. The van der Waals surface area contributed by atoms with Gasteiger partial charge in [-0.15, -0.1) is 5.73 Å². The van der Waals surface area contributed by atoms with E-state index in [1.165, 1.54) is 0 Å². The molecule has 190 valence electrons. The molecule has 0 bridgehead atoms. The number of hydrogen-bond acceptors (Lipinski definition) is 3. The molecule has 3 aromatic rings. The number of benzene rings is 1. The minimum Gasteiger partial charge on any atom is -0.369 e. The van der Waals surface area contributed by atoms with Gasteiger partial charge in [-0.3, -0.25) is 14.6 Å². The first-order chi connectivity index (χ1) is 17.5. The van der Waals surface area contributed by atoms with Crippen molar-refractivity contribution < 1.29 is 9.59 Å². The van der Waals surface area contributed by atoms with Crippen LogP contribution >= 0.6 is 0 Å². The zero-order valence-electron chi connectivity index (χ0n) is 22.1. The Kier molecular flexibility index (Phi) is 8.49. The van der Waals surface area contributed by atoms with E-state index in [4.69, 9.17) is 5.73 Å². The molecule has 2 amide bonds. The van der Waals surface area contributed by atoms with Crippen molar-refractivity contribution in [1.29, 1.82) is 0 Å². The molecule has 0 radical (unpaired) electrons. The lowest BCUT2D eigenvalue weighted by Crippen LogP contribution is -2.35. The Morgan fingerprint density at radius 2 is 1.89 bits per heavy atom. The van der Waals surface area contributed by atoms with Crippen LogP contribution in [-0.2, 0) is 21.4 Å². The lowest BCUT2D eigenvalue weighted by molar-refractivity contribution is -0.127. The number of allylic oxidation sites excluding steroid dienone is 3. The molecule has 0 fully saturated rings. The number of carbonyl (C=O) groups excluding carboxylic acids is 2. The van der Waals surface area contributed by atoms with Crippen LogP contribution in [0.25, 0.3) is 17.2 Å². The molecule has 2 heterocycles. The van der Waals surface area contributed by atoms with Gasteiger partial charge >= 0.3 is 0 Å². The van der Waals surface area contributed by atoms with E-state index in [1.54, 1.807) is 38.2 Å². The molecule has 37 heavy (non-hydrogen) atoms. The number of hydrogen-bond donors (Lipinski definition) is 2. The van der Waals surface area contributed by atoms with Crippen molar-refractivity contribution in [2.75, 3.05) is 7.05 Å². The second-order valence-electron chi connectivity index (χ2n) is 9.62. The zero-order valence-corrected chi connectivity index (χ0v) is 22.1. The van der Waals surface area contributed by atoms with Crippen LogP contribution in [-0.4, -0.2) is 33.7 Å². The second-order valence-corrected chi connectivity index (χ2v) is 9.62. The Morgan fingerprint density at radius 3 is 2.49 bits per heavy atom. The second kappa shape index (κ2) is 11.5. The van der Waals surface area contributed by atoms with Crippen molar-refractivity contribution >= 4 is 29.0 Å². The van der Waals surface area contributed by atoms with Crippen molar-refractivity contribution in [3.05, 3.63) is 113 Å². The maximum Gasteiger partial charge on any atom is 0.230 e. The molecule has 6 heteroatoms. The van der Waals surface area contributed by atoms with E-state index in [0.717, 1.165) is 44.8 Å². The van der Waals surface area contributed by atoms with Gasteiger partial charge in [-0.1, -0.05) is 30.8 Å². The smallest absolute Gasteiger partial charge is 0.230 e. The summed E-state index contributed by atoms with van der Waals surface area (Å²) in [7, 11) is 1.74. The summed E-state index contributed by atoms with van der Waals surface area (Å²) in [5.74, 6) is -0.451. The summed E-state index contributed by atoms with van der Waals surface area (Å²) < 4.78 is 0. The maximum absolute atomic E-state index is 12.9. The molecule has 0 spiro atoms. The van der Waals surface area contributed by atoms with E-state index in [2.05, 4.69) is 28.4 Å². The molecule has 0 aliphatic carbocycles. The Bertz CT molecular complexity index is 1400. The van der Waals surface area contributed by atoms with Gasteiger partial charge in [0.15, 0.2) is 0 Å². The van der Waals surface area contributed by atoms with Gasteiger partial charge in [0.05, 0.1) is 17.5 Å². The van der Waals surface area contributed by atoms with Gasteiger partial charge in [-0.05, 0) is 91.4 Å². The summed E-state index contributed by atoms with van der Waals surface area (Å²) in [6.45, 7) is 11.3. The van der Waals surface area contributed by atoms with Crippen LogP contribution in [0.5, 0.6) is 0 Å². The number of aryl methyl sites for hydroxylation is 1. The number of nitrogens with one attached hydrogen (secondary N) is 1. The lowest BCUT2D eigenvalue weighted by Gasteiger charge is -2.21. The highest BCUT2D eigenvalue weighted by Gasteiger charge is 2.27. The van der Waals surface area contributed by atoms with Crippen LogP contribution in [0.3, 0.4) is 0 Å². The quantitative estimate of drug-likeness (QED) is 0.307. The van der Waals surface area contributed by atoms with Crippen LogP contribution in [0.15, 0.2) is 79.4 Å². The first-order valence-electron chi connectivity index (χ1n) is 12.0. The van der Waals surface area contributed by atoms with E-state index in [9.17, 15) is 9.59 Å². The van der Waals surface area contributed by atoms with E-state index in [0.29, 0.717) is 0 Å². The zero-order chi connectivity index (χ0) is 27.2. The number of likely N-dealkylation sites (N-methyl/N-ethyl adjacent to an activating group) is 1. The number of primary amides is 1. The minimum atomic E-state index is -0.766. The Morgan fingerprint density at radius 1 is 1.19 bits per heavy atom. The van der Waals surface area contributed by atoms with Gasteiger partial charge in [0.1, 0.15) is 0 Å². The molecular formula is C31H34N4O2. The van der Waals surface area contributed by atoms with Crippen molar-refractivity contribution in [3.63, 3.8) is 0 Å². The largest absolute Gasteiger partial charge is 0.369 e. The van der Waals surface area contributed by atoms with Crippen molar-refractivity contribution in [1.82, 2.24) is 14.9 Å². The van der Waals surface area contributed by atoms with Gasteiger partial charge < -0.3 is 15.6 Å². The Balaban J connectivity index is 1.77. The average molecular weight is 495 g/mol. The number of aromatic amines is 1. The minimum absolute atomic E-state index is 0.0597. The van der Waals surface area contributed by atoms with Gasteiger partial charge in [0.2, 0.25) is 11.8 Å². The van der Waals surface area contributed by atoms with Crippen molar-refractivity contribution in [3.8, 4) is 0 Å². The maximum atomic E-state index is 12.9. The van der Waals surface area contributed by atoms with Crippen LogP contribution in [0.4, 0.5) is 0 Å². The number of nitrogens with zero attached hydrogens (tertiary/aromatic N) is 2. The number of aromatic nitrogens is 2. The van der Waals surface area contributed by atoms with Gasteiger partial charge in [0.25, 0.3) is 0 Å². The Hall–Kier alpha value is -4.41. The first kappa shape index (κ1) is 27.2. The number of rotatable bonds is 9. The van der Waals surface area contributed by atoms with Crippen LogP contribution in [0.1, 0.15) is 54.4 Å². The Labute approximate surface area is 218 Å². The van der Waals surface area contributed by atoms with Gasteiger partial charge in [-0.2, -0.15) is 0 Å². The molecule has 0 atom stereocenters. The molecule has 3 rings (SSSR count). The standard InChI is InChI=1S/C31H34N4O2/c1-7-8-25(18-24-13-15-33-22(24)3)26-14-16-34-28(19-26)21(2)20-35(6)29(36)17-23-9-11-27(12-10-23)31(4,5)30(32)37/h8-16,18-20,33H,1,17H2,2-6H3,(H2,32,37)/b21-20+,25-18+. The molecule has 3 N–H and O–H groups in total. The van der Waals surface area contributed by atoms with Crippen LogP contribution < -0.4 is 5.73 Å². The monoisotopic (exact) mass is 494 g/mol. The fraction of sp³-hybridized carbons (Fsp3) is 0.226.